The molecule has 0 aliphatic heterocycles. The topological polar surface area (TPSA) is 51.2 Å². The van der Waals surface area contributed by atoms with Crippen LogP contribution in [0.3, 0.4) is 0 Å². The maximum atomic E-state index is 12.4. The van der Waals surface area contributed by atoms with Crippen LogP contribution in [0, 0.1) is 6.92 Å². The van der Waals surface area contributed by atoms with E-state index in [9.17, 15) is 4.79 Å². The molecule has 0 aliphatic carbocycles. The molecule has 1 atom stereocenters. The van der Waals surface area contributed by atoms with Crippen molar-refractivity contribution in [3.63, 3.8) is 0 Å². The molecule has 0 fully saturated rings. The number of amides is 1. The van der Waals surface area contributed by atoms with E-state index in [0.717, 1.165) is 22.9 Å². The molecule has 1 amide bonds. The molecule has 1 aromatic carbocycles. The van der Waals surface area contributed by atoms with Crippen molar-refractivity contribution < 1.29 is 9.53 Å². The molecule has 4 nitrogen and oxygen atoms in total. The summed E-state index contributed by atoms with van der Waals surface area (Å²) >= 11 is 1.38. The SMILES string of the molecule is CCc1cnc2c(C)cc(OC(SC)C(=O)NC(C)(C)C)cc2c1. The number of aryl methyl sites for hydroxylation is 2. The maximum absolute atomic E-state index is 12.4. The summed E-state index contributed by atoms with van der Waals surface area (Å²) in [5.74, 6) is 0.576. The highest BCUT2D eigenvalue weighted by Gasteiger charge is 2.24. The maximum Gasteiger partial charge on any atom is 0.272 e. The number of rotatable bonds is 5. The van der Waals surface area contributed by atoms with Gasteiger partial charge in [-0.3, -0.25) is 9.78 Å². The average Bonchev–Trinajstić information content (AvgIpc) is 2.50. The molecule has 2 aromatic rings. The zero-order valence-corrected chi connectivity index (χ0v) is 16.1. The highest BCUT2D eigenvalue weighted by Crippen LogP contribution is 2.26. The van der Waals surface area contributed by atoms with E-state index in [2.05, 4.69) is 23.3 Å². The van der Waals surface area contributed by atoms with Crippen molar-refractivity contribution in [2.75, 3.05) is 6.26 Å². The van der Waals surface area contributed by atoms with Gasteiger partial charge in [0.05, 0.1) is 5.52 Å². The van der Waals surface area contributed by atoms with E-state index in [-0.39, 0.29) is 11.4 Å². The molecule has 1 heterocycles. The fourth-order valence-electron chi connectivity index (χ4n) is 2.47. The van der Waals surface area contributed by atoms with Gasteiger partial charge >= 0.3 is 0 Å². The van der Waals surface area contributed by atoms with E-state index in [1.165, 1.54) is 17.3 Å². The number of aromatic nitrogens is 1. The lowest BCUT2D eigenvalue weighted by atomic mass is 10.1. The number of carbonyl (C=O) groups is 1. The first-order valence-corrected chi connectivity index (χ1v) is 9.43. The molecule has 0 saturated heterocycles. The number of nitrogens with one attached hydrogen (secondary N) is 1. The average molecular weight is 346 g/mol. The van der Waals surface area contributed by atoms with Gasteiger partial charge in [-0.05, 0) is 69.7 Å². The van der Waals surface area contributed by atoms with Crippen molar-refractivity contribution in [1.29, 1.82) is 0 Å². The third-order valence-corrected chi connectivity index (χ3v) is 4.32. The van der Waals surface area contributed by atoms with Crippen LogP contribution in [0.4, 0.5) is 0 Å². The van der Waals surface area contributed by atoms with Crippen molar-refractivity contribution in [2.24, 2.45) is 0 Å². The Labute approximate surface area is 148 Å². The first-order valence-electron chi connectivity index (χ1n) is 8.14. The fourth-order valence-corrected chi connectivity index (χ4v) is 2.95. The van der Waals surface area contributed by atoms with Crippen LogP contribution in [0.2, 0.25) is 0 Å². The van der Waals surface area contributed by atoms with Crippen molar-refractivity contribution in [3.8, 4) is 5.75 Å². The number of thioether (sulfide) groups is 1. The minimum atomic E-state index is -0.580. The normalized spacial score (nSPS) is 12.9. The van der Waals surface area contributed by atoms with Crippen molar-refractivity contribution in [1.82, 2.24) is 10.3 Å². The Morgan fingerprint density at radius 1 is 1.33 bits per heavy atom. The van der Waals surface area contributed by atoms with Gasteiger partial charge in [-0.2, -0.15) is 0 Å². The molecule has 0 bridgehead atoms. The number of nitrogens with zero attached hydrogens (tertiary/aromatic N) is 1. The minimum absolute atomic E-state index is 0.117. The van der Waals surface area contributed by atoms with E-state index in [0.29, 0.717) is 5.75 Å². The molecule has 0 radical (unpaired) electrons. The second-order valence-corrected chi connectivity index (χ2v) is 7.83. The number of hydrogen-bond donors (Lipinski definition) is 1. The van der Waals surface area contributed by atoms with Gasteiger partial charge in [-0.15, -0.1) is 11.8 Å². The number of benzene rings is 1. The first-order chi connectivity index (χ1) is 11.2. The van der Waals surface area contributed by atoms with Gasteiger partial charge < -0.3 is 10.1 Å². The lowest BCUT2D eigenvalue weighted by Crippen LogP contribution is -2.46. The van der Waals surface area contributed by atoms with E-state index in [1.807, 2.05) is 52.3 Å². The number of carbonyl (C=O) groups excluding carboxylic acids is 1. The van der Waals surface area contributed by atoms with E-state index < -0.39 is 5.44 Å². The van der Waals surface area contributed by atoms with Gasteiger partial charge in [-0.25, -0.2) is 0 Å². The summed E-state index contributed by atoms with van der Waals surface area (Å²) < 4.78 is 5.96. The van der Waals surface area contributed by atoms with Gasteiger partial charge in [0.15, 0.2) is 0 Å². The standard InChI is InChI=1S/C19H26N2O2S/c1-7-13-9-14-10-15(8-12(2)16(14)20-11-13)23-18(24-6)17(22)21-19(3,4)5/h8-11,18H,7H2,1-6H3,(H,21,22). The number of fused-ring (bicyclic) bond motifs is 1. The predicted molar refractivity (Wildman–Crippen MR) is 102 cm³/mol. The van der Waals surface area contributed by atoms with Crippen LogP contribution in [-0.4, -0.2) is 28.1 Å². The highest BCUT2D eigenvalue weighted by molar-refractivity contribution is 7.99. The van der Waals surface area contributed by atoms with Gasteiger partial charge in [0.1, 0.15) is 5.75 Å². The van der Waals surface area contributed by atoms with Gasteiger partial charge in [0, 0.05) is 17.1 Å². The lowest BCUT2D eigenvalue weighted by Gasteiger charge is -2.24. The van der Waals surface area contributed by atoms with E-state index in [1.54, 1.807) is 0 Å². The van der Waals surface area contributed by atoms with E-state index in [4.69, 9.17) is 4.74 Å². The number of hydrogen-bond acceptors (Lipinski definition) is 4. The monoisotopic (exact) mass is 346 g/mol. The van der Waals surface area contributed by atoms with Crippen LogP contribution in [-0.2, 0) is 11.2 Å². The zero-order chi connectivity index (χ0) is 17.9. The van der Waals surface area contributed by atoms with Crippen LogP contribution in [0.1, 0.15) is 38.8 Å². The molecule has 1 unspecified atom stereocenters. The summed E-state index contributed by atoms with van der Waals surface area (Å²) in [7, 11) is 0. The third kappa shape index (κ3) is 4.63. The molecule has 0 spiro atoms. The van der Waals surface area contributed by atoms with Crippen LogP contribution in [0.25, 0.3) is 10.9 Å². The molecule has 24 heavy (non-hydrogen) atoms. The summed E-state index contributed by atoms with van der Waals surface area (Å²) in [5, 5.41) is 4.01. The molecule has 0 aliphatic rings. The van der Waals surface area contributed by atoms with Crippen LogP contribution in [0.5, 0.6) is 5.75 Å². The molecular formula is C19H26N2O2S. The largest absolute Gasteiger partial charge is 0.470 e. The molecule has 0 saturated carbocycles. The zero-order valence-electron chi connectivity index (χ0n) is 15.3. The van der Waals surface area contributed by atoms with Crippen molar-refractivity contribution in [3.05, 3.63) is 35.5 Å². The molecular weight excluding hydrogens is 320 g/mol. The molecule has 130 valence electrons. The smallest absolute Gasteiger partial charge is 0.272 e. The quantitative estimate of drug-likeness (QED) is 0.829. The summed E-state index contributed by atoms with van der Waals surface area (Å²) in [5.41, 5.74) is 2.34. The first kappa shape index (κ1) is 18.6. The highest BCUT2D eigenvalue weighted by atomic mass is 32.2. The Morgan fingerprint density at radius 3 is 2.62 bits per heavy atom. The summed E-state index contributed by atoms with van der Waals surface area (Å²) in [6, 6.07) is 6.03. The Morgan fingerprint density at radius 2 is 2.04 bits per heavy atom. The van der Waals surface area contributed by atoms with Gasteiger partial charge in [0.2, 0.25) is 5.44 Å². The van der Waals surface area contributed by atoms with Crippen molar-refractivity contribution in [2.45, 2.75) is 52.0 Å². The summed E-state index contributed by atoms with van der Waals surface area (Å²) in [6.07, 6.45) is 4.73. The Bertz CT molecular complexity index is 738. The fraction of sp³-hybridized carbons (Fsp3) is 0.474. The number of ether oxygens (including phenoxy) is 1. The van der Waals surface area contributed by atoms with Gasteiger partial charge in [-0.1, -0.05) is 6.92 Å². The van der Waals surface area contributed by atoms with Gasteiger partial charge in [0.25, 0.3) is 5.91 Å². The molecule has 1 aromatic heterocycles. The molecule has 1 N–H and O–H groups in total. The Kier molecular flexibility index (Phi) is 5.75. The third-order valence-electron chi connectivity index (χ3n) is 3.58. The van der Waals surface area contributed by atoms with Crippen LogP contribution >= 0.6 is 11.8 Å². The molecule has 2 rings (SSSR count). The van der Waals surface area contributed by atoms with Crippen molar-refractivity contribution >= 4 is 28.6 Å². The van der Waals surface area contributed by atoms with Crippen LogP contribution in [0.15, 0.2) is 24.4 Å². The second-order valence-electron chi connectivity index (χ2n) is 6.93. The summed E-state index contributed by atoms with van der Waals surface area (Å²) in [4.78, 5) is 16.9. The number of pyridine rings is 1. The Balaban J connectivity index is 2.29. The second kappa shape index (κ2) is 7.43. The predicted octanol–water partition coefficient (Wildman–Crippen LogP) is 4.09. The van der Waals surface area contributed by atoms with Crippen LogP contribution < -0.4 is 10.1 Å². The molecule has 5 heteroatoms. The summed E-state index contributed by atoms with van der Waals surface area (Å²) in [6.45, 7) is 10.00. The van der Waals surface area contributed by atoms with E-state index >= 15 is 0 Å². The minimum Gasteiger partial charge on any atom is -0.470 e. The lowest BCUT2D eigenvalue weighted by molar-refractivity contribution is -0.125. The Hall–Kier alpha value is -1.75.